The van der Waals surface area contributed by atoms with Gasteiger partial charge in [0.05, 0.1) is 0 Å². The van der Waals surface area contributed by atoms with Gasteiger partial charge in [-0.05, 0) is 18.1 Å². The third-order valence-electron chi connectivity index (χ3n) is 3.12. The molecule has 0 aromatic carbocycles. The molecule has 0 unspecified atom stereocenters. The van der Waals surface area contributed by atoms with Crippen LogP contribution in [-0.2, 0) is 12.0 Å². The van der Waals surface area contributed by atoms with Gasteiger partial charge in [0.2, 0.25) is 0 Å². The molecule has 98 valence electrons. The van der Waals surface area contributed by atoms with Crippen LogP contribution in [0.1, 0.15) is 33.5 Å². The summed E-state index contributed by atoms with van der Waals surface area (Å²) in [6.07, 6.45) is -4.30. The number of hydrogen-bond donors (Lipinski definition) is 1. The topological polar surface area (TPSA) is 33.6 Å². The van der Waals surface area contributed by atoms with Gasteiger partial charge in [-0.3, -0.25) is 9.67 Å². The van der Waals surface area contributed by atoms with Gasteiger partial charge in [0.15, 0.2) is 4.77 Å². The van der Waals surface area contributed by atoms with Crippen molar-refractivity contribution < 1.29 is 13.2 Å². The number of alkyl halides is 3. The first-order chi connectivity index (χ1) is 7.55. The smallest absolute Gasteiger partial charge is 0.294 e. The molecule has 1 aromatic rings. The van der Waals surface area contributed by atoms with E-state index in [0.717, 1.165) is 4.57 Å². The molecule has 7 heteroatoms. The Morgan fingerprint density at radius 2 is 1.88 bits per heavy atom. The number of aromatic nitrogens is 3. The lowest BCUT2D eigenvalue weighted by atomic mass is 9.80. The molecule has 0 radical (unpaired) electrons. The molecule has 1 rings (SSSR count). The largest absolute Gasteiger partial charge is 0.406 e. The molecule has 1 N–H and O–H groups in total. The first-order valence-corrected chi connectivity index (χ1v) is 5.69. The minimum atomic E-state index is -4.30. The van der Waals surface area contributed by atoms with Crippen LogP contribution < -0.4 is 0 Å². The summed E-state index contributed by atoms with van der Waals surface area (Å²) in [7, 11) is 0. The highest BCUT2D eigenvalue weighted by Gasteiger charge is 2.35. The lowest BCUT2D eigenvalue weighted by Gasteiger charge is -2.28. The molecule has 3 nitrogen and oxygen atoms in total. The maximum atomic E-state index is 12.5. The second-order valence-electron chi connectivity index (χ2n) is 4.93. The van der Waals surface area contributed by atoms with Crippen LogP contribution in [0.15, 0.2) is 0 Å². The van der Waals surface area contributed by atoms with E-state index >= 15 is 0 Å². The Bertz CT molecular complexity index is 442. The van der Waals surface area contributed by atoms with E-state index in [1.807, 2.05) is 27.7 Å². The van der Waals surface area contributed by atoms with Crippen LogP contribution in [0.4, 0.5) is 13.2 Å². The van der Waals surface area contributed by atoms with E-state index in [1.54, 1.807) is 0 Å². The molecule has 0 aliphatic carbocycles. The molecule has 0 atom stereocenters. The van der Waals surface area contributed by atoms with E-state index in [2.05, 4.69) is 10.2 Å². The van der Waals surface area contributed by atoms with Gasteiger partial charge < -0.3 is 0 Å². The Balaban J connectivity index is 3.24. The quantitative estimate of drug-likeness (QED) is 0.851. The molecule has 0 aliphatic heterocycles. The number of nitrogens with zero attached hydrogens (tertiary/aromatic N) is 2. The van der Waals surface area contributed by atoms with Gasteiger partial charge in [-0.25, -0.2) is 0 Å². The fourth-order valence-electron chi connectivity index (χ4n) is 1.39. The van der Waals surface area contributed by atoms with Gasteiger partial charge in [-0.2, -0.15) is 18.3 Å². The predicted molar refractivity (Wildman–Crippen MR) is 61.3 cm³/mol. The van der Waals surface area contributed by atoms with Crippen LogP contribution in [0, 0.1) is 10.7 Å². The Morgan fingerprint density at radius 1 is 1.35 bits per heavy atom. The third-order valence-corrected chi connectivity index (χ3v) is 3.43. The zero-order chi connectivity index (χ0) is 13.4. The van der Waals surface area contributed by atoms with E-state index in [4.69, 9.17) is 12.2 Å². The number of rotatable bonds is 3. The molecule has 0 saturated carbocycles. The maximum Gasteiger partial charge on any atom is 0.406 e. The maximum absolute atomic E-state index is 12.5. The van der Waals surface area contributed by atoms with Gasteiger partial charge in [0.25, 0.3) is 0 Å². The molecule has 0 bridgehead atoms. The van der Waals surface area contributed by atoms with Crippen LogP contribution in [0.2, 0.25) is 0 Å². The monoisotopic (exact) mass is 267 g/mol. The summed E-state index contributed by atoms with van der Waals surface area (Å²) in [5.74, 6) is 0.495. The van der Waals surface area contributed by atoms with Crippen molar-refractivity contribution in [3.05, 3.63) is 10.6 Å². The molecule has 1 aromatic heterocycles. The van der Waals surface area contributed by atoms with Crippen molar-refractivity contribution in [2.45, 2.75) is 45.8 Å². The van der Waals surface area contributed by atoms with Crippen LogP contribution in [0.25, 0.3) is 0 Å². The van der Waals surface area contributed by atoms with Crippen LogP contribution in [0.5, 0.6) is 0 Å². The Hall–Kier alpha value is -0.850. The van der Waals surface area contributed by atoms with E-state index in [-0.39, 0.29) is 10.7 Å². The number of halogens is 3. The summed E-state index contributed by atoms with van der Waals surface area (Å²) in [6, 6.07) is 0. The molecule has 0 amide bonds. The van der Waals surface area contributed by atoms with Crippen LogP contribution in [0.3, 0.4) is 0 Å². The Labute approximate surface area is 103 Å². The fourth-order valence-corrected chi connectivity index (χ4v) is 1.59. The molecular formula is C10H16F3N3S. The lowest BCUT2D eigenvalue weighted by molar-refractivity contribution is -0.141. The minimum Gasteiger partial charge on any atom is -0.294 e. The Kier molecular flexibility index (Phi) is 3.71. The van der Waals surface area contributed by atoms with Gasteiger partial charge in [0, 0.05) is 5.41 Å². The molecule has 0 spiro atoms. The molecule has 0 fully saturated rings. The zero-order valence-electron chi connectivity index (χ0n) is 10.2. The normalized spacial score (nSPS) is 13.4. The van der Waals surface area contributed by atoms with E-state index in [0.29, 0.717) is 5.82 Å². The zero-order valence-corrected chi connectivity index (χ0v) is 11.0. The fraction of sp³-hybridized carbons (Fsp3) is 0.800. The molecule has 0 aliphatic rings. The molecule has 1 heterocycles. The number of nitrogens with one attached hydrogen (secondary N) is 1. The van der Waals surface area contributed by atoms with Crippen molar-refractivity contribution in [3.8, 4) is 0 Å². The second kappa shape index (κ2) is 4.44. The van der Waals surface area contributed by atoms with Crippen LogP contribution in [-0.4, -0.2) is 20.9 Å². The standard InChI is InChI=1S/C10H16F3N3S/c1-6(2)9(3,4)7-14-15-8(17)16(7)5-10(11,12)13/h6H,5H2,1-4H3,(H,15,17). The lowest BCUT2D eigenvalue weighted by Crippen LogP contribution is -2.31. The van der Waals surface area contributed by atoms with Gasteiger partial charge in [0.1, 0.15) is 12.4 Å². The first-order valence-electron chi connectivity index (χ1n) is 5.28. The van der Waals surface area contributed by atoms with Gasteiger partial charge in [-0.1, -0.05) is 27.7 Å². The summed E-state index contributed by atoms with van der Waals surface area (Å²) >= 11 is 4.84. The highest BCUT2D eigenvalue weighted by atomic mass is 32.1. The number of aromatic amines is 1. The first kappa shape index (κ1) is 14.2. The van der Waals surface area contributed by atoms with Crippen molar-refractivity contribution in [3.63, 3.8) is 0 Å². The highest BCUT2D eigenvalue weighted by Crippen LogP contribution is 2.31. The van der Waals surface area contributed by atoms with Crippen molar-refractivity contribution in [1.29, 1.82) is 0 Å². The highest BCUT2D eigenvalue weighted by molar-refractivity contribution is 7.71. The number of hydrogen-bond acceptors (Lipinski definition) is 2. The average molecular weight is 267 g/mol. The summed E-state index contributed by atoms with van der Waals surface area (Å²) < 4.78 is 38.4. The molecule has 0 saturated heterocycles. The molecule has 17 heavy (non-hydrogen) atoms. The summed E-state index contributed by atoms with van der Waals surface area (Å²) in [4.78, 5) is 0. The van der Waals surface area contributed by atoms with Crippen molar-refractivity contribution >= 4 is 12.2 Å². The van der Waals surface area contributed by atoms with E-state index in [9.17, 15) is 13.2 Å². The van der Waals surface area contributed by atoms with Crippen molar-refractivity contribution in [1.82, 2.24) is 14.8 Å². The van der Waals surface area contributed by atoms with Crippen molar-refractivity contribution in [2.24, 2.45) is 5.92 Å². The predicted octanol–water partition coefficient (Wildman–Crippen LogP) is 3.44. The van der Waals surface area contributed by atoms with Gasteiger partial charge >= 0.3 is 6.18 Å². The van der Waals surface area contributed by atoms with E-state index < -0.39 is 18.1 Å². The van der Waals surface area contributed by atoms with Crippen molar-refractivity contribution in [2.75, 3.05) is 0 Å². The third kappa shape index (κ3) is 3.08. The van der Waals surface area contributed by atoms with Crippen LogP contribution >= 0.6 is 12.2 Å². The SMILES string of the molecule is CC(C)C(C)(C)c1n[nH]c(=S)n1CC(F)(F)F. The summed E-state index contributed by atoms with van der Waals surface area (Å²) in [5.41, 5.74) is -0.473. The summed E-state index contributed by atoms with van der Waals surface area (Å²) in [6.45, 7) is 6.49. The molecular weight excluding hydrogens is 251 g/mol. The summed E-state index contributed by atoms with van der Waals surface area (Å²) in [5, 5.41) is 6.38. The minimum absolute atomic E-state index is 0.00560. The number of H-pyrrole nitrogens is 1. The van der Waals surface area contributed by atoms with E-state index in [1.165, 1.54) is 0 Å². The van der Waals surface area contributed by atoms with Gasteiger partial charge in [-0.15, -0.1) is 0 Å². The average Bonchev–Trinajstić information content (AvgIpc) is 2.45. The second-order valence-corrected chi connectivity index (χ2v) is 5.32. The Morgan fingerprint density at radius 3 is 2.29 bits per heavy atom.